The number of fused-ring (bicyclic) bond motifs is 2. The fourth-order valence-corrected chi connectivity index (χ4v) is 4.62. The van der Waals surface area contributed by atoms with E-state index in [0.29, 0.717) is 25.9 Å². The third kappa shape index (κ3) is 4.27. The van der Waals surface area contributed by atoms with Crippen LogP contribution in [0.1, 0.15) is 44.1 Å². The van der Waals surface area contributed by atoms with E-state index in [-0.39, 0.29) is 17.7 Å². The van der Waals surface area contributed by atoms with Crippen molar-refractivity contribution in [3.05, 3.63) is 65.5 Å². The lowest BCUT2D eigenvalue weighted by Gasteiger charge is -2.38. The smallest absolute Gasteiger partial charge is 0.245 e. The van der Waals surface area contributed by atoms with E-state index in [4.69, 9.17) is 4.98 Å². The number of rotatable bonds is 6. The molecular formula is C26H32N4O2. The molecule has 2 amide bonds. The second-order valence-electron chi connectivity index (χ2n) is 9.06. The van der Waals surface area contributed by atoms with Crippen molar-refractivity contribution in [2.24, 2.45) is 5.92 Å². The molecule has 0 spiro atoms. The normalized spacial score (nSPS) is 15.8. The standard InChI is InChI=1S/C26H32N4O2/c1-5-29-22-13-9-8-12-21(22)27-24(29)17-28(4)26(32)23-15-19-10-6-7-11-20(19)16-30(23)25(31)14-18(2)3/h6-13,18,23H,5,14-17H2,1-4H3. The van der Waals surface area contributed by atoms with E-state index in [2.05, 4.69) is 29.7 Å². The van der Waals surface area contributed by atoms with Crippen LogP contribution in [0.4, 0.5) is 0 Å². The number of benzene rings is 2. The number of para-hydroxylation sites is 2. The molecule has 32 heavy (non-hydrogen) atoms. The number of aryl methyl sites for hydroxylation is 1. The van der Waals surface area contributed by atoms with Crippen LogP contribution in [0.2, 0.25) is 0 Å². The first kappa shape index (κ1) is 22.1. The molecular weight excluding hydrogens is 400 g/mol. The Morgan fingerprint density at radius 2 is 1.78 bits per heavy atom. The summed E-state index contributed by atoms with van der Waals surface area (Å²) in [7, 11) is 1.81. The van der Waals surface area contributed by atoms with Crippen LogP contribution in [0.3, 0.4) is 0 Å². The first-order valence-corrected chi connectivity index (χ1v) is 11.4. The van der Waals surface area contributed by atoms with Gasteiger partial charge >= 0.3 is 0 Å². The Morgan fingerprint density at radius 3 is 2.50 bits per heavy atom. The van der Waals surface area contributed by atoms with Crippen LogP contribution >= 0.6 is 0 Å². The molecule has 2 aromatic carbocycles. The second-order valence-corrected chi connectivity index (χ2v) is 9.06. The Balaban J connectivity index is 1.60. The molecule has 1 aromatic heterocycles. The number of amides is 2. The summed E-state index contributed by atoms with van der Waals surface area (Å²) in [6, 6.07) is 15.7. The van der Waals surface area contributed by atoms with E-state index < -0.39 is 6.04 Å². The molecule has 0 aliphatic carbocycles. The Morgan fingerprint density at radius 1 is 1.09 bits per heavy atom. The average molecular weight is 433 g/mol. The molecule has 0 fully saturated rings. The van der Waals surface area contributed by atoms with Gasteiger partial charge in [-0.25, -0.2) is 4.98 Å². The number of likely N-dealkylation sites (N-methyl/N-ethyl adjacent to an activating group) is 1. The Hall–Kier alpha value is -3.15. The molecule has 0 N–H and O–H groups in total. The van der Waals surface area contributed by atoms with E-state index in [9.17, 15) is 9.59 Å². The van der Waals surface area contributed by atoms with Crippen LogP contribution in [0, 0.1) is 5.92 Å². The minimum absolute atomic E-state index is 0.0358. The van der Waals surface area contributed by atoms with Crippen molar-refractivity contribution < 1.29 is 9.59 Å². The molecule has 0 bridgehead atoms. The number of carbonyl (C=O) groups is 2. The molecule has 0 saturated carbocycles. The maximum Gasteiger partial charge on any atom is 0.245 e. The lowest BCUT2D eigenvalue weighted by molar-refractivity contribution is -0.147. The third-order valence-electron chi connectivity index (χ3n) is 6.24. The predicted molar refractivity (Wildman–Crippen MR) is 126 cm³/mol. The minimum Gasteiger partial charge on any atom is -0.336 e. The van der Waals surface area contributed by atoms with E-state index >= 15 is 0 Å². The molecule has 1 unspecified atom stereocenters. The van der Waals surface area contributed by atoms with Gasteiger partial charge < -0.3 is 14.4 Å². The van der Waals surface area contributed by atoms with Crippen LogP contribution in [0.5, 0.6) is 0 Å². The maximum atomic E-state index is 13.6. The summed E-state index contributed by atoms with van der Waals surface area (Å²) >= 11 is 0. The fraction of sp³-hybridized carbons (Fsp3) is 0.423. The van der Waals surface area contributed by atoms with Gasteiger partial charge in [-0.3, -0.25) is 9.59 Å². The van der Waals surface area contributed by atoms with E-state index in [1.54, 1.807) is 9.80 Å². The molecule has 1 aliphatic rings. The van der Waals surface area contributed by atoms with E-state index in [1.165, 1.54) is 0 Å². The number of imidazole rings is 1. The number of hydrogen-bond acceptors (Lipinski definition) is 3. The summed E-state index contributed by atoms with van der Waals surface area (Å²) < 4.78 is 2.15. The third-order valence-corrected chi connectivity index (χ3v) is 6.24. The van der Waals surface area contributed by atoms with Crippen molar-refractivity contribution in [3.8, 4) is 0 Å². The molecule has 0 radical (unpaired) electrons. The maximum absolute atomic E-state index is 13.6. The van der Waals surface area contributed by atoms with Gasteiger partial charge in [0.1, 0.15) is 11.9 Å². The van der Waals surface area contributed by atoms with Gasteiger partial charge in [0.15, 0.2) is 0 Å². The summed E-state index contributed by atoms with van der Waals surface area (Å²) in [4.78, 5) is 35.0. The van der Waals surface area contributed by atoms with Crippen molar-refractivity contribution in [2.75, 3.05) is 7.05 Å². The van der Waals surface area contributed by atoms with Crippen LogP contribution < -0.4 is 0 Å². The van der Waals surface area contributed by atoms with Gasteiger partial charge in [0.2, 0.25) is 11.8 Å². The van der Waals surface area contributed by atoms with Gasteiger partial charge in [-0.15, -0.1) is 0 Å². The highest BCUT2D eigenvalue weighted by Gasteiger charge is 2.36. The molecule has 2 heterocycles. The number of aromatic nitrogens is 2. The Kier molecular flexibility index (Phi) is 6.31. The molecule has 6 heteroatoms. The molecule has 0 saturated heterocycles. The van der Waals surface area contributed by atoms with Gasteiger partial charge in [0, 0.05) is 33.0 Å². The summed E-state index contributed by atoms with van der Waals surface area (Å²) in [6.07, 6.45) is 0.995. The highest BCUT2D eigenvalue weighted by atomic mass is 16.2. The Bertz CT molecular complexity index is 1130. The van der Waals surface area contributed by atoms with Crippen molar-refractivity contribution in [3.63, 3.8) is 0 Å². The van der Waals surface area contributed by atoms with Crippen molar-refractivity contribution in [1.29, 1.82) is 0 Å². The topological polar surface area (TPSA) is 58.4 Å². The molecule has 1 atom stereocenters. The van der Waals surface area contributed by atoms with Crippen LogP contribution in [0.15, 0.2) is 48.5 Å². The van der Waals surface area contributed by atoms with Gasteiger partial charge in [0.25, 0.3) is 0 Å². The summed E-state index contributed by atoms with van der Waals surface area (Å²) in [6.45, 7) is 7.84. The van der Waals surface area contributed by atoms with E-state index in [0.717, 1.165) is 34.5 Å². The Labute approximate surface area is 189 Å². The zero-order valence-corrected chi connectivity index (χ0v) is 19.4. The highest BCUT2D eigenvalue weighted by molar-refractivity contribution is 5.88. The molecule has 3 aromatic rings. The average Bonchev–Trinajstić information content (AvgIpc) is 3.13. The van der Waals surface area contributed by atoms with Crippen LogP contribution in [-0.4, -0.2) is 44.3 Å². The van der Waals surface area contributed by atoms with Crippen LogP contribution in [-0.2, 0) is 35.6 Å². The molecule has 4 rings (SSSR count). The van der Waals surface area contributed by atoms with Gasteiger partial charge in [-0.1, -0.05) is 50.2 Å². The fourth-order valence-electron chi connectivity index (χ4n) is 4.62. The quantitative estimate of drug-likeness (QED) is 0.591. The second kappa shape index (κ2) is 9.15. The van der Waals surface area contributed by atoms with Gasteiger partial charge in [-0.2, -0.15) is 0 Å². The first-order valence-electron chi connectivity index (χ1n) is 11.4. The zero-order chi connectivity index (χ0) is 22.8. The largest absolute Gasteiger partial charge is 0.336 e. The van der Waals surface area contributed by atoms with Crippen molar-refractivity contribution >= 4 is 22.8 Å². The van der Waals surface area contributed by atoms with E-state index in [1.807, 2.05) is 51.2 Å². The van der Waals surface area contributed by atoms with Crippen molar-refractivity contribution in [2.45, 2.75) is 59.3 Å². The van der Waals surface area contributed by atoms with Crippen LogP contribution in [0.25, 0.3) is 11.0 Å². The lowest BCUT2D eigenvalue weighted by atomic mass is 9.92. The lowest BCUT2D eigenvalue weighted by Crippen LogP contribution is -2.53. The van der Waals surface area contributed by atoms with Crippen molar-refractivity contribution in [1.82, 2.24) is 19.4 Å². The number of nitrogens with zero attached hydrogens (tertiary/aromatic N) is 4. The number of carbonyl (C=O) groups excluding carboxylic acids is 2. The molecule has 6 nitrogen and oxygen atoms in total. The highest BCUT2D eigenvalue weighted by Crippen LogP contribution is 2.26. The SMILES string of the molecule is CCn1c(CN(C)C(=O)C2Cc3ccccc3CN2C(=O)CC(C)C)nc2ccccc21. The zero-order valence-electron chi connectivity index (χ0n) is 19.4. The van der Waals surface area contributed by atoms with Gasteiger partial charge in [0.05, 0.1) is 17.6 Å². The first-order chi connectivity index (χ1) is 15.4. The molecule has 168 valence electrons. The number of hydrogen-bond donors (Lipinski definition) is 0. The monoisotopic (exact) mass is 432 g/mol. The minimum atomic E-state index is -0.486. The summed E-state index contributed by atoms with van der Waals surface area (Å²) in [5.74, 6) is 1.12. The summed E-state index contributed by atoms with van der Waals surface area (Å²) in [5.41, 5.74) is 4.29. The predicted octanol–water partition coefficient (Wildman–Crippen LogP) is 4.01. The summed E-state index contributed by atoms with van der Waals surface area (Å²) in [5, 5.41) is 0. The molecule has 1 aliphatic heterocycles. The van der Waals surface area contributed by atoms with Gasteiger partial charge in [-0.05, 0) is 36.1 Å².